The van der Waals surface area contributed by atoms with Gasteiger partial charge in [0, 0.05) is 0 Å². The monoisotopic (exact) mass is 236 g/mol. The van der Waals surface area contributed by atoms with Gasteiger partial charge in [-0.25, -0.2) is 0 Å². The second-order valence-corrected chi connectivity index (χ2v) is 4.68. The van der Waals surface area contributed by atoms with Gasteiger partial charge in [-0.05, 0) is 44.9 Å². The standard InChI is InChI=1S/C13H20N2O2/c1-3-13(7-5-8-14-13)12(16)15-10(2)11-6-4-9-17-11/h4,6,9-10,14H,3,5,7-8H2,1-2H3,(H,15,16)/t10-,13?/m1/s1. The molecule has 1 aromatic heterocycles. The number of hydrogen-bond donors (Lipinski definition) is 2. The fourth-order valence-corrected chi connectivity index (χ4v) is 2.41. The van der Waals surface area contributed by atoms with E-state index in [-0.39, 0.29) is 17.5 Å². The minimum Gasteiger partial charge on any atom is -0.467 e. The Bertz CT molecular complexity index is 367. The van der Waals surface area contributed by atoms with Gasteiger partial charge in [0.1, 0.15) is 5.76 Å². The third-order valence-electron chi connectivity index (χ3n) is 3.60. The van der Waals surface area contributed by atoms with Crippen molar-refractivity contribution in [3.8, 4) is 0 Å². The van der Waals surface area contributed by atoms with E-state index in [0.717, 1.165) is 31.6 Å². The maximum Gasteiger partial charge on any atom is 0.240 e. The number of furan rings is 1. The second kappa shape index (κ2) is 4.92. The number of amides is 1. The first-order chi connectivity index (χ1) is 8.18. The van der Waals surface area contributed by atoms with Gasteiger partial charge in [0.2, 0.25) is 5.91 Å². The highest BCUT2D eigenvalue weighted by Gasteiger charge is 2.39. The quantitative estimate of drug-likeness (QED) is 0.840. The molecular formula is C13H20N2O2. The smallest absolute Gasteiger partial charge is 0.240 e. The Labute approximate surface area is 102 Å². The van der Waals surface area contributed by atoms with Crippen LogP contribution < -0.4 is 10.6 Å². The molecule has 1 saturated heterocycles. The molecule has 0 radical (unpaired) electrons. The molecule has 1 aliphatic rings. The Balaban J connectivity index is 2.01. The average molecular weight is 236 g/mol. The Kier molecular flexibility index (Phi) is 3.52. The molecule has 0 aromatic carbocycles. The van der Waals surface area contributed by atoms with Crippen molar-refractivity contribution in [1.29, 1.82) is 0 Å². The highest BCUT2D eigenvalue weighted by molar-refractivity contribution is 5.86. The zero-order valence-electron chi connectivity index (χ0n) is 10.5. The van der Waals surface area contributed by atoms with Crippen molar-refractivity contribution in [3.05, 3.63) is 24.2 Å². The summed E-state index contributed by atoms with van der Waals surface area (Å²) >= 11 is 0. The van der Waals surface area contributed by atoms with Gasteiger partial charge in [0.25, 0.3) is 0 Å². The lowest BCUT2D eigenvalue weighted by atomic mass is 9.93. The molecule has 2 N–H and O–H groups in total. The summed E-state index contributed by atoms with van der Waals surface area (Å²) in [5, 5.41) is 6.35. The van der Waals surface area contributed by atoms with Crippen LogP contribution in [0.4, 0.5) is 0 Å². The van der Waals surface area contributed by atoms with Gasteiger partial charge in [0.15, 0.2) is 0 Å². The highest BCUT2D eigenvalue weighted by Crippen LogP contribution is 2.24. The largest absolute Gasteiger partial charge is 0.467 e. The molecule has 2 rings (SSSR count). The zero-order valence-corrected chi connectivity index (χ0v) is 10.5. The van der Waals surface area contributed by atoms with Gasteiger partial charge in [-0.15, -0.1) is 0 Å². The molecule has 1 unspecified atom stereocenters. The van der Waals surface area contributed by atoms with Crippen molar-refractivity contribution in [1.82, 2.24) is 10.6 Å². The lowest BCUT2D eigenvalue weighted by molar-refractivity contribution is -0.128. The van der Waals surface area contributed by atoms with Gasteiger partial charge in [-0.1, -0.05) is 6.92 Å². The van der Waals surface area contributed by atoms with Crippen LogP contribution >= 0.6 is 0 Å². The van der Waals surface area contributed by atoms with Crippen LogP contribution in [0.25, 0.3) is 0 Å². The number of hydrogen-bond acceptors (Lipinski definition) is 3. The van der Waals surface area contributed by atoms with Crippen LogP contribution in [0, 0.1) is 0 Å². The minimum atomic E-state index is -0.374. The van der Waals surface area contributed by atoms with Gasteiger partial charge < -0.3 is 15.1 Å². The predicted octanol–water partition coefficient (Wildman–Crippen LogP) is 1.99. The molecule has 0 bridgehead atoms. The Morgan fingerprint density at radius 2 is 2.53 bits per heavy atom. The Hall–Kier alpha value is -1.29. The lowest BCUT2D eigenvalue weighted by Crippen LogP contribution is -2.53. The van der Waals surface area contributed by atoms with Crippen molar-refractivity contribution in [3.63, 3.8) is 0 Å². The van der Waals surface area contributed by atoms with E-state index in [0.29, 0.717) is 0 Å². The third kappa shape index (κ3) is 2.36. The molecule has 1 amide bonds. The van der Waals surface area contributed by atoms with E-state index >= 15 is 0 Å². The van der Waals surface area contributed by atoms with Crippen LogP contribution in [0.3, 0.4) is 0 Å². The van der Waals surface area contributed by atoms with Crippen molar-refractivity contribution in [2.75, 3.05) is 6.54 Å². The lowest BCUT2D eigenvalue weighted by Gasteiger charge is -2.28. The topological polar surface area (TPSA) is 54.3 Å². The molecule has 2 atom stereocenters. The Morgan fingerprint density at radius 3 is 3.06 bits per heavy atom. The predicted molar refractivity (Wildman–Crippen MR) is 65.5 cm³/mol. The fraction of sp³-hybridized carbons (Fsp3) is 0.615. The molecular weight excluding hydrogens is 216 g/mol. The van der Waals surface area contributed by atoms with E-state index in [1.807, 2.05) is 19.1 Å². The first-order valence-electron chi connectivity index (χ1n) is 6.27. The molecule has 4 nitrogen and oxygen atoms in total. The van der Waals surface area contributed by atoms with E-state index in [4.69, 9.17) is 4.42 Å². The van der Waals surface area contributed by atoms with Crippen LogP contribution in [0.5, 0.6) is 0 Å². The number of carbonyl (C=O) groups excluding carboxylic acids is 1. The Morgan fingerprint density at radius 1 is 1.71 bits per heavy atom. The van der Waals surface area contributed by atoms with Crippen molar-refractivity contribution in [2.24, 2.45) is 0 Å². The number of rotatable bonds is 4. The van der Waals surface area contributed by atoms with Crippen molar-refractivity contribution < 1.29 is 9.21 Å². The van der Waals surface area contributed by atoms with E-state index in [9.17, 15) is 4.79 Å². The molecule has 17 heavy (non-hydrogen) atoms. The van der Waals surface area contributed by atoms with Gasteiger partial charge in [-0.2, -0.15) is 0 Å². The van der Waals surface area contributed by atoms with Crippen LogP contribution in [-0.2, 0) is 4.79 Å². The van der Waals surface area contributed by atoms with Crippen LogP contribution in [0.15, 0.2) is 22.8 Å². The van der Waals surface area contributed by atoms with Crippen LogP contribution in [0.2, 0.25) is 0 Å². The molecule has 1 fully saturated rings. The van der Waals surface area contributed by atoms with Gasteiger partial charge in [-0.3, -0.25) is 4.79 Å². The fourth-order valence-electron chi connectivity index (χ4n) is 2.41. The molecule has 0 spiro atoms. The summed E-state index contributed by atoms with van der Waals surface area (Å²) in [5.74, 6) is 0.879. The number of nitrogens with one attached hydrogen (secondary N) is 2. The van der Waals surface area contributed by atoms with Crippen LogP contribution in [0.1, 0.15) is 44.9 Å². The maximum atomic E-state index is 12.3. The molecule has 2 heterocycles. The zero-order chi connectivity index (χ0) is 12.3. The van der Waals surface area contributed by atoms with E-state index in [2.05, 4.69) is 17.6 Å². The summed E-state index contributed by atoms with van der Waals surface area (Å²) in [7, 11) is 0. The summed E-state index contributed by atoms with van der Waals surface area (Å²) in [4.78, 5) is 12.3. The molecule has 1 aromatic rings. The second-order valence-electron chi connectivity index (χ2n) is 4.68. The van der Waals surface area contributed by atoms with Crippen molar-refractivity contribution >= 4 is 5.91 Å². The summed E-state index contributed by atoms with van der Waals surface area (Å²) in [6.45, 7) is 4.92. The van der Waals surface area contributed by atoms with E-state index < -0.39 is 0 Å². The molecule has 94 valence electrons. The highest BCUT2D eigenvalue weighted by atomic mass is 16.3. The summed E-state index contributed by atoms with van der Waals surface area (Å²) < 4.78 is 5.29. The van der Waals surface area contributed by atoms with Gasteiger partial charge >= 0.3 is 0 Å². The van der Waals surface area contributed by atoms with Crippen molar-refractivity contribution in [2.45, 2.75) is 44.7 Å². The minimum absolute atomic E-state index is 0.0803. The molecule has 1 aliphatic heterocycles. The summed E-state index contributed by atoms with van der Waals surface area (Å²) in [6, 6.07) is 3.64. The first-order valence-corrected chi connectivity index (χ1v) is 6.27. The number of carbonyl (C=O) groups is 1. The molecule has 0 aliphatic carbocycles. The maximum absolute atomic E-state index is 12.3. The molecule has 0 saturated carbocycles. The van der Waals surface area contributed by atoms with E-state index in [1.165, 1.54) is 0 Å². The van der Waals surface area contributed by atoms with E-state index in [1.54, 1.807) is 6.26 Å². The SMILES string of the molecule is CCC1(C(=O)N[C@H](C)c2ccco2)CCCN1. The normalized spacial score (nSPS) is 25.8. The summed E-state index contributed by atoms with van der Waals surface area (Å²) in [5.41, 5.74) is -0.374. The van der Waals surface area contributed by atoms with Crippen LogP contribution in [-0.4, -0.2) is 18.0 Å². The summed E-state index contributed by atoms with van der Waals surface area (Å²) in [6.07, 6.45) is 4.43. The average Bonchev–Trinajstić information content (AvgIpc) is 3.01. The molecule has 4 heteroatoms. The van der Waals surface area contributed by atoms with Gasteiger partial charge in [0.05, 0.1) is 17.8 Å². The first kappa shape index (κ1) is 12.2. The third-order valence-corrected chi connectivity index (χ3v) is 3.60.